The van der Waals surface area contributed by atoms with Crippen molar-refractivity contribution in [1.82, 2.24) is 18.6 Å². The van der Waals surface area contributed by atoms with E-state index >= 15 is 0 Å². The van der Waals surface area contributed by atoms with E-state index in [-0.39, 0.29) is 12.5 Å². The van der Waals surface area contributed by atoms with Gasteiger partial charge in [0.05, 0.1) is 29.6 Å². The highest BCUT2D eigenvalue weighted by molar-refractivity contribution is 7.00. The lowest BCUT2D eigenvalue weighted by molar-refractivity contribution is -0.136. The van der Waals surface area contributed by atoms with E-state index in [1.165, 1.54) is 0 Å². The van der Waals surface area contributed by atoms with Crippen molar-refractivity contribution >= 4 is 51.1 Å². The summed E-state index contributed by atoms with van der Waals surface area (Å²) in [4.78, 5) is 30.9. The number of esters is 1. The van der Waals surface area contributed by atoms with E-state index in [2.05, 4.69) is 13.7 Å². The number of carbonyl (C=O) groups excluding carboxylic acids is 2. The summed E-state index contributed by atoms with van der Waals surface area (Å²) in [5.41, 5.74) is 4.99. The first-order valence-corrected chi connectivity index (χ1v) is 10.4. The average Bonchev–Trinajstić information content (AvgIpc) is 3.32. The van der Waals surface area contributed by atoms with Crippen molar-refractivity contribution in [2.24, 2.45) is 0 Å². The van der Waals surface area contributed by atoms with E-state index in [1.807, 2.05) is 24.3 Å². The molecule has 30 heavy (non-hydrogen) atoms. The lowest BCUT2D eigenvalue weighted by atomic mass is 10.0. The number of H-pyrrole nitrogens is 1. The molecule has 0 fully saturated rings. The molecule has 0 unspecified atom stereocenters. The molecule has 0 spiro atoms. The summed E-state index contributed by atoms with van der Waals surface area (Å²) in [6.45, 7) is 2.47. The van der Waals surface area contributed by atoms with Crippen molar-refractivity contribution in [1.29, 1.82) is 0 Å². The normalized spacial score (nSPS) is 13.8. The molecule has 0 bridgehead atoms. The minimum atomic E-state index is -0.454. The largest absolute Gasteiger partial charge is 0.462 e. The van der Waals surface area contributed by atoms with Gasteiger partial charge < -0.3 is 14.6 Å². The minimum Gasteiger partial charge on any atom is -0.462 e. The van der Waals surface area contributed by atoms with Gasteiger partial charge in [-0.3, -0.25) is 4.79 Å². The summed E-state index contributed by atoms with van der Waals surface area (Å²) in [5.74, 6) is -0.648. The maximum Gasteiger partial charge on any atom is 0.341 e. The first-order chi connectivity index (χ1) is 14.7. The topological polar surface area (TPSA) is 88.2 Å². The number of hydrogen-bond acceptors (Lipinski definition) is 6. The number of fused-ring (bicyclic) bond motifs is 4. The Hall–Kier alpha value is -3.52. The molecule has 5 rings (SSSR count). The van der Waals surface area contributed by atoms with Crippen LogP contribution in [-0.4, -0.2) is 43.7 Å². The molecule has 3 heterocycles. The van der Waals surface area contributed by atoms with Crippen LogP contribution >= 0.6 is 11.7 Å². The highest BCUT2D eigenvalue weighted by atomic mass is 32.1. The zero-order valence-electron chi connectivity index (χ0n) is 16.2. The Kier molecular flexibility index (Phi) is 4.55. The molecule has 0 atom stereocenters. The van der Waals surface area contributed by atoms with Crippen LogP contribution in [0.25, 0.3) is 27.5 Å². The van der Waals surface area contributed by atoms with E-state index in [9.17, 15) is 9.59 Å². The highest BCUT2D eigenvalue weighted by Crippen LogP contribution is 2.32. The van der Waals surface area contributed by atoms with Crippen LogP contribution in [0.15, 0.2) is 48.7 Å². The Morgan fingerprint density at radius 2 is 2.00 bits per heavy atom. The summed E-state index contributed by atoms with van der Waals surface area (Å²) < 4.78 is 13.7. The van der Waals surface area contributed by atoms with Gasteiger partial charge in [-0.1, -0.05) is 18.2 Å². The fraction of sp³-hybridized carbons (Fsp3) is 0.182. The molecule has 1 amide bonds. The number of amides is 1. The summed E-state index contributed by atoms with van der Waals surface area (Å²) >= 11 is 1.11. The van der Waals surface area contributed by atoms with E-state index in [0.717, 1.165) is 33.7 Å². The SMILES string of the molecule is CCOC(=O)C1=CN(C(=O)c2ccc3nsnc3c2)CCc2c1[nH]c1ccccc21. The predicted molar refractivity (Wildman–Crippen MR) is 115 cm³/mol. The molecule has 8 heteroatoms. The minimum absolute atomic E-state index is 0.193. The van der Waals surface area contributed by atoms with Gasteiger partial charge in [-0.2, -0.15) is 8.75 Å². The quantitative estimate of drug-likeness (QED) is 0.512. The van der Waals surface area contributed by atoms with Crippen LogP contribution in [0.2, 0.25) is 0 Å². The number of benzene rings is 2. The van der Waals surface area contributed by atoms with Crippen LogP contribution in [0, 0.1) is 0 Å². The molecule has 7 nitrogen and oxygen atoms in total. The van der Waals surface area contributed by atoms with Gasteiger partial charge in [0.1, 0.15) is 11.0 Å². The second-order valence-corrected chi connectivity index (χ2v) is 7.53. The molecule has 2 aromatic heterocycles. The van der Waals surface area contributed by atoms with Crippen LogP contribution in [0.5, 0.6) is 0 Å². The Balaban J connectivity index is 1.58. The molecule has 0 saturated carbocycles. The maximum absolute atomic E-state index is 13.3. The van der Waals surface area contributed by atoms with Gasteiger partial charge in [0.15, 0.2) is 0 Å². The average molecular weight is 418 g/mol. The Labute approximate surface area is 176 Å². The van der Waals surface area contributed by atoms with Gasteiger partial charge in [-0.05, 0) is 43.2 Å². The fourth-order valence-electron chi connectivity index (χ4n) is 3.81. The Morgan fingerprint density at radius 1 is 1.17 bits per heavy atom. The number of rotatable bonds is 3. The monoisotopic (exact) mass is 418 g/mol. The van der Waals surface area contributed by atoms with Gasteiger partial charge >= 0.3 is 5.97 Å². The van der Waals surface area contributed by atoms with Gasteiger partial charge in [0.2, 0.25) is 0 Å². The van der Waals surface area contributed by atoms with Gasteiger partial charge in [-0.25, -0.2) is 4.79 Å². The van der Waals surface area contributed by atoms with E-state index in [1.54, 1.807) is 36.2 Å². The van der Waals surface area contributed by atoms with Crippen molar-refractivity contribution in [3.8, 4) is 0 Å². The van der Waals surface area contributed by atoms with Crippen LogP contribution in [-0.2, 0) is 16.0 Å². The molecule has 1 aliphatic rings. The zero-order chi connectivity index (χ0) is 20.7. The van der Waals surface area contributed by atoms with Crippen molar-refractivity contribution in [2.45, 2.75) is 13.3 Å². The molecule has 4 aromatic rings. The number of para-hydroxylation sites is 1. The smallest absolute Gasteiger partial charge is 0.341 e. The molecule has 1 N–H and O–H groups in total. The molecule has 150 valence electrons. The zero-order valence-corrected chi connectivity index (χ0v) is 17.0. The lowest BCUT2D eigenvalue weighted by Gasteiger charge is -2.18. The number of nitrogens with one attached hydrogen (secondary N) is 1. The molecule has 0 radical (unpaired) electrons. The summed E-state index contributed by atoms with van der Waals surface area (Å²) in [6, 6.07) is 13.2. The Morgan fingerprint density at radius 3 is 2.87 bits per heavy atom. The summed E-state index contributed by atoms with van der Waals surface area (Å²) in [7, 11) is 0. The molecule has 0 aliphatic carbocycles. The highest BCUT2D eigenvalue weighted by Gasteiger charge is 2.27. The van der Waals surface area contributed by atoms with Crippen LogP contribution in [0.4, 0.5) is 0 Å². The molecule has 1 aliphatic heterocycles. The summed E-state index contributed by atoms with van der Waals surface area (Å²) in [5, 5.41) is 1.05. The molecular weight excluding hydrogens is 400 g/mol. The van der Waals surface area contributed by atoms with E-state index in [0.29, 0.717) is 35.3 Å². The first-order valence-electron chi connectivity index (χ1n) is 9.68. The number of ether oxygens (including phenoxy) is 1. The third-order valence-electron chi connectivity index (χ3n) is 5.23. The molecule has 0 saturated heterocycles. The van der Waals surface area contributed by atoms with Crippen molar-refractivity contribution in [2.75, 3.05) is 13.2 Å². The number of aromatic nitrogens is 3. The van der Waals surface area contributed by atoms with Gasteiger partial charge in [0.25, 0.3) is 5.91 Å². The number of carbonyl (C=O) groups is 2. The molecular formula is C22H18N4O3S. The Bertz CT molecular complexity index is 1320. The third-order valence-corrected chi connectivity index (χ3v) is 5.78. The maximum atomic E-state index is 13.3. The van der Waals surface area contributed by atoms with Crippen molar-refractivity contribution < 1.29 is 14.3 Å². The number of aromatic amines is 1. The second kappa shape index (κ2) is 7.38. The molecule has 2 aromatic carbocycles. The van der Waals surface area contributed by atoms with Crippen LogP contribution < -0.4 is 0 Å². The third kappa shape index (κ3) is 3.05. The fourth-order valence-corrected chi connectivity index (χ4v) is 4.33. The van der Waals surface area contributed by atoms with Gasteiger partial charge in [-0.15, -0.1) is 0 Å². The van der Waals surface area contributed by atoms with Crippen molar-refractivity contribution in [3.63, 3.8) is 0 Å². The van der Waals surface area contributed by atoms with Crippen molar-refractivity contribution in [3.05, 3.63) is 65.5 Å². The standard InChI is InChI=1S/C22H18N4O3S/c1-2-29-22(28)16-12-26(21(27)13-7-8-18-19(11-13)25-30-24-18)10-9-15-14-5-3-4-6-17(14)23-20(15)16/h3-8,11-12,23H,2,9-10H2,1H3. The first kappa shape index (κ1) is 18.5. The van der Waals surface area contributed by atoms with E-state index in [4.69, 9.17) is 4.74 Å². The summed E-state index contributed by atoms with van der Waals surface area (Å²) in [6.07, 6.45) is 2.22. The number of nitrogens with zero attached hydrogens (tertiary/aromatic N) is 3. The van der Waals surface area contributed by atoms with Gasteiger partial charge in [0, 0.05) is 29.2 Å². The number of hydrogen-bond donors (Lipinski definition) is 1. The predicted octanol–water partition coefficient (Wildman–Crippen LogP) is 3.78. The van der Waals surface area contributed by atoms with Crippen LogP contribution in [0.1, 0.15) is 28.5 Å². The second-order valence-electron chi connectivity index (χ2n) is 7.00. The van der Waals surface area contributed by atoms with E-state index < -0.39 is 5.97 Å². The lowest BCUT2D eigenvalue weighted by Crippen LogP contribution is -2.28. The van der Waals surface area contributed by atoms with Crippen LogP contribution in [0.3, 0.4) is 0 Å².